The maximum atomic E-state index is 12.4. The van der Waals surface area contributed by atoms with E-state index in [0.717, 1.165) is 29.8 Å². The van der Waals surface area contributed by atoms with Gasteiger partial charge < -0.3 is 19.3 Å². The number of para-hydroxylation sites is 2. The number of amides is 1. The molecule has 1 atom stereocenters. The van der Waals surface area contributed by atoms with Gasteiger partial charge in [0.15, 0.2) is 6.23 Å². The van der Waals surface area contributed by atoms with Gasteiger partial charge in [0, 0.05) is 24.7 Å². The lowest BCUT2D eigenvalue weighted by Gasteiger charge is -2.40. The maximum Gasteiger partial charge on any atom is 0.410 e. The molecule has 0 saturated carbocycles. The van der Waals surface area contributed by atoms with E-state index >= 15 is 0 Å². The van der Waals surface area contributed by atoms with Crippen LogP contribution in [-0.2, 0) is 4.74 Å². The van der Waals surface area contributed by atoms with Crippen LogP contribution in [0.25, 0.3) is 0 Å². The number of carbonyl (C=O) groups is 1. The second-order valence-electron chi connectivity index (χ2n) is 8.45. The third-order valence-electron chi connectivity index (χ3n) is 5.23. The van der Waals surface area contributed by atoms with Gasteiger partial charge in [0.2, 0.25) is 0 Å². The molecule has 1 saturated heterocycles. The van der Waals surface area contributed by atoms with Gasteiger partial charge in [0.05, 0.1) is 5.69 Å². The first-order chi connectivity index (χ1) is 13.4. The van der Waals surface area contributed by atoms with Gasteiger partial charge >= 0.3 is 6.09 Å². The predicted molar refractivity (Wildman–Crippen MR) is 110 cm³/mol. The lowest BCUT2D eigenvalue weighted by Crippen LogP contribution is -2.48. The molecule has 0 aliphatic carbocycles. The fourth-order valence-corrected chi connectivity index (χ4v) is 3.96. The van der Waals surface area contributed by atoms with Crippen LogP contribution in [0.4, 0.5) is 10.5 Å². The third kappa shape index (κ3) is 3.79. The average Bonchev–Trinajstić information content (AvgIpc) is 3.07. The van der Waals surface area contributed by atoms with Gasteiger partial charge in [0.25, 0.3) is 0 Å². The molecule has 0 N–H and O–H groups in total. The molecule has 2 heterocycles. The van der Waals surface area contributed by atoms with Crippen molar-refractivity contribution >= 4 is 11.8 Å². The summed E-state index contributed by atoms with van der Waals surface area (Å²) in [6, 6.07) is 18.9. The van der Waals surface area contributed by atoms with Crippen molar-refractivity contribution in [3.8, 4) is 5.75 Å². The number of rotatable bonds is 2. The number of piperidine rings is 1. The number of fused-ring (bicyclic) bond motifs is 1. The first kappa shape index (κ1) is 18.7. The highest BCUT2D eigenvalue weighted by Crippen LogP contribution is 2.45. The Kier molecular flexibility index (Phi) is 4.92. The van der Waals surface area contributed by atoms with E-state index in [4.69, 9.17) is 9.47 Å². The van der Waals surface area contributed by atoms with Crippen LogP contribution in [-0.4, -0.2) is 35.7 Å². The Morgan fingerprint density at radius 2 is 1.64 bits per heavy atom. The van der Waals surface area contributed by atoms with Crippen LogP contribution in [0.15, 0.2) is 54.6 Å². The third-order valence-corrected chi connectivity index (χ3v) is 5.23. The molecular formula is C23H28N2O3. The number of hydrogen-bond acceptors (Lipinski definition) is 4. The largest absolute Gasteiger partial charge is 0.464 e. The molecule has 1 fully saturated rings. The SMILES string of the molecule is CC(C)(C)OC(=O)N1CCC(N2c3ccccc3OC2c2ccccc2)CC1. The molecule has 1 unspecified atom stereocenters. The summed E-state index contributed by atoms with van der Waals surface area (Å²) >= 11 is 0. The minimum absolute atomic E-state index is 0.128. The molecule has 5 nitrogen and oxygen atoms in total. The van der Waals surface area contributed by atoms with E-state index in [2.05, 4.69) is 29.2 Å². The van der Waals surface area contributed by atoms with E-state index in [-0.39, 0.29) is 12.3 Å². The van der Waals surface area contributed by atoms with Crippen molar-refractivity contribution in [3.05, 3.63) is 60.2 Å². The molecule has 0 radical (unpaired) electrons. The van der Waals surface area contributed by atoms with Crippen molar-refractivity contribution in [2.24, 2.45) is 0 Å². The van der Waals surface area contributed by atoms with Gasteiger partial charge in [-0.2, -0.15) is 0 Å². The molecular weight excluding hydrogens is 352 g/mol. The summed E-state index contributed by atoms with van der Waals surface area (Å²) in [6.45, 7) is 7.10. The van der Waals surface area contributed by atoms with Crippen LogP contribution >= 0.6 is 0 Å². The van der Waals surface area contributed by atoms with Crippen molar-refractivity contribution in [2.75, 3.05) is 18.0 Å². The Hall–Kier alpha value is -2.69. The van der Waals surface area contributed by atoms with Gasteiger partial charge in [-0.25, -0.2) is 4.79 Å². The number of anilines is 1. The molecule has 0 aromatic heterocycles. The molecule has 0 spiro atoms. The van der Waals surface area contributed by atoms with E-state index in [9.17, 15) is 4.79 Å². The van der Waals surface area contributed by atoms with E-state index in [1.807, 2.05) is 56.0 Å². The molecule has 28 heavy (non-hydrogen) atoms. The Labute approximate surface area is 166 Å². The van der Waals surface area contributed by atoms with Gasteiger partial charge in [-0.05, 0) is 45.7 Å². The molecule has 148 valence electrons. The second-order valence-corrected chi connectivity index (χ2v) is 8.45. The van der Waals surface area contributed by atoms with Crippen molar-refractivity contribution in [2.45, 2.75) is 51.5 Å². The average molecular weight is 380 g/mol. The van der Waals surface area contributed by atoms with Gasteiger partial charge in [0.1, 0.15) is 11.4 Å². The summed E-state index contributed by atoms with van der Waals surface area (Å²) in [5.41, 5.74) is 1.81. The van der Waals surface area contributed by atoms with Gasteiger partial charge in [-0.15, -0.1) is 0 Å². The van der Waals surface area contributed by atoms with E-state index in [1.165, 1.54) is 0 Å². The zero-order valence-electron chi connectivity index (χ0n) is 16.8. The van der Waals surface area contributed by atoms with Gasteiger partial charge in [-0.1, -0.05) is 42.5 Å². The normalized spacial score (nSPS) is 19.9. The van der Waals surface area contributed by atoms with E-state index in [0.29, 0.717) is 19.1 Å². The molecule has 5 heteroatoms. The number of hydrogen-bond donors (Lipinski definition) is 0. The summed E-state index contributed by atoms with van der Waals surface area (Å²) in [5.74, 6) is 0.922. The minimum Gasteiger partial charge on any atom is -0.464 e. The number of benzene rings is 2. The molecule has 4 rings (SSSR count). The predicted octanol–water partition coefficient (Wildman–Crippen LogP) is 4.98. The monoisotopic (exact) mass is 380 g/mol. The van der Waals surface area contributed by atoms with Gasteiger partial charge in [-0.3, -0.25) is 0 Å². The molecule has 2 aromatic rings. The number of nitrogens with zero attached hydrogens (tertiary/aromatic N) is 2. The first-order valence-electron chi connectivity index (χ1n) is 9.99. The number of likely N-dealkylation sites (tertiary alicyclic amines) is 1. The van der Waals surface area contributed by atoms with Crippen LogP contribution in [0.2, 0.25) is 0 Å². The van der Waals surface area contributed by atoms with Crippen molar-refractivity contribution in [1.29, 1.82) is 0 Å². The Morgan fingerprint density at radius 1 is 1.00 bits per heavy atom. The lowest BCUT2D eigenvalue weighted by atomic mass is 10.0. The summed E-state index contributed by atoms with van der Waals surface area (Å²) in [6.07, 6.45) is 1.43. The second kappa shape index (κ2) is 7.38. The first-order valence-corrected chi connectivity index (χ1v) is 9.99. The lowest BCUT2D eigenvalue weighted by molar-refractivity contribution is 0.0199. The summed E-state index contributed by atoms with van der Waals surface area (Å²) in [7, 11) is 0. The number of ether oxygens (including phenoxy) is 2. The summed E-state index contributed by atoms with van der Waals surface area (Å²) in [4.78, 5) is 16.6. The molecule has 0 bridgehead atoms. The van der Waals surface area contributed by atoms with Crippen LogP contribution in [0.1, 0.15) is 45.4 Å². The quantitative estimate of drug-likeness (QED) is 0.737. The van der Waals surface area contributed by atoms with Crippen LogP contribution in [0, 0.1) is 0 Å². The van der Waals surface area contributed by atoms with Crippen molar-refractivity contribution < 1.29 is 14.3 Å². The fraction of sp³-hybridized carbons (Fsp3) is 0.435. The molecule has 2 aliphatic heterocycles. The van der Waals surface area contributed by atoms with Crippen LogP contribution in [0.5, 0.6) is 5.75 Å². The highest BCUT2D eigenvalue weighted by Gasteiger charge is 2.39. The number of carbonyl (C=O) groups excluding carboxylic acids is 1. The van der Waals surface area contributed by atoms with E-state index in [1.54, 1.807) is 0 Å². The molecule has 2 aromatic carbocycles. The molecule has 1 amide bonds. The fourth-order valence-electron chi connectivity index (χ4n) is 3.96. The van der Waals surface area contributed by atoms with E-state index < -0.39 is 5.60 Å². The summed E-state index contributed by atoms with van der Waals surface area (Å²) in [5, 5.41) is 0. The van der Waals surface area contributed by atoms with Crippen LogP contribution < -0.4 is 9.64 Å². The van der Waals surface area contributed by atoms with Crippen molar-refractivity contribution in [1.82, 2.24) is 4.90 Å². The Bertz CT molecular complexity index is 823. The highest BCUT2D eigenvalue weighted by atomic mass is 16.6. The Balaban J connectivity index is 1.51. The Morgan fingerprint density at radius 3 is 2.32 bits per heavy atom. The van der Waals surface area contributed by atoms with Crippen molar-refractivity contribution in [3.63, 3.8) is 0 Å². The highest BCUT2D eigenvalue weighted by molar-refractivity contribution is 5.68. The maximum absolute atomic E-state index is 12.4. The smallest absolute Gasteiger partial charge is 0.410 e. The summed E-state index contributed by atoms with van der Waals surface area (Å²) < 4.78 is 11.9. The topological polar surface area (TPSA) is 42.0 Å². The standard InChI is InChI=1S/C23H28N2O3/c1-23(2,3)28-22(26)24-15-13-18(14-16-24)25-19-11-7-8-12-20(19)27-21(25)17-9-5-4-6-10-17/h4-12,18,21H,13-16H2,1-3H3. The minimum atomic E-state index is -0.464. The zero-order valence-corrected chi connectivity index (χ0v) is 16.8. The molecule has 2 aliphatic rings. The van der Waals surface area contributed by atoms with Crippen LogP contribution in [0.3, 0.4) is 0 Å². The zero-order chi connectivity index (χ0) is 19.7.